The maximum Gasteiger partial charge on any atom is 0.262 e. The average Bonchev–Trinajstić information content (AvgIpc) is 3.03. The highest BCUT2D eigenvalue weighted by Crippen LogP contribution is 2.36. The van der Waals surface area contributed by atoms with Gasteiger partial charge >= 0.3 is 0 Å². The van der Waals surface area contributed by atoms with E-state index in [1.807, 2.05) is 0 Å². The predicted molar refractivity (Wildman–Crippen MR) is 116 cm³/mol. The van der Waals surface area contributed by atoms with Crippen LogP contribution in [0, 0.1) is 5.82 Å². The van der Waals surface area contributed by atoms with Crippen LogP contribution in [0.5, 0.6) is 0 Å². The van der Waals surface area contributed by atoms with E-state index in [-0.39, 0.29) is 32.0 Å². The van der Waals surface area contributed by atoms with Crippen LogP contribution in [-0.2, 0) is 17.1 Å². The Balaban J connectivity index is 1.81. The molecule has 4 aromatic rings. The highest BCUT2D eigenvalue weighted by molar-refractivity contribution is 7.92. The summed E-state index contributed by atoms with van der Waals surface area (Å²) < 4.78 is 44.7. The van der Waals surface area contributed by atoms with Gasteiger partial charge in [0.25, 0.3) is 10.0 Å². The van der Waals surface area contributed by atoms with Gasteiger partial charge in [-0.2, -0.15) is 0 Å². The molecule has 4 rings (SSSR count). The van der Waals surface area contributed by atoms with Gasteiger partial charge in [0.05, 0.1) is 26.0 Å². The topological polar surface area (TPSA) is 103 Å². The molecule has 3 N–H and O–H groups in total. The Labute approximate surface area is 181 Å². The van der Waals surface area contributed by atoms with Crippen molar-refractivity contribution in [1.82, 2.24) is 14.5 Å². The molecule has 11 heteroatoms. The third-order valence-electron chi connectivity index (χ3n) is 4.52. The molecule has 0 aliphatic rings. The summed E-state index contributed by atoms with van der Waals surface area (Å²) in [6.07, 6.45) is 2.98. The van der Waals surface area contributed by atoms with E-state index in [4.69, 9.17) is 28.9 Å². The maximum absolute atomic E-state index is 15.4. The van der Waals surface area contributed by atoms with Crippen LogP contribution in [0.3, 0.4) is 0 Å². The van der Waals surface area contributed by atoms with Crippen LogP contribution < -0.4 is 10.5 Å². The van der Waals surface area contributed by atoms with Gasteiger partial charge in [-0.1, -0.05) is 35.3 Å². The largest absolute Gasteiger partial charge is 0.383 e. The molecule has 2 aromatic heterocycles. The third-order valence-corrected chi connectivity index (χ3v) is 6.62. The standard InChI is InChI=1S/C19H14Cl2FN5O2S/c1-27-8-12(16-18(23)24-9-25-19(16)27)11-3-2-4-15(17(11)22)26-30(28,29)10-5-6-13(20)14(21)7-10/h2-9,26H,1H3,(H2,23,24,25). The number of aromatic nitrogens is 3. The van der Waals surface area contributed by atoms with Crippen molar-refractivity contribution in [3.8, 4) is 11.1 Å². The first-order valence-corrected chi connectivity index (χ1v) is 10.7. The maximum atomic E-state index is 15.4. The highest BCUT2D eigenvalue weighted by Gasteiger charge is 2.21. The fourth-order valence-electron chi connectivity index (χ4n) is 3.11. The average molecular weight is 466 g/mol. The number of benzene rings is 2. The summed E-state index contributed by atoms with van der Waals surface area (Å²) in [4.78, 5) is 7.99. The zero-order valence-corrected chi connectivity index (χ0v) is 17.7. The van der Waals surface area contributed by atoms with Gasteiger partial charge in [0.15, 0.2) is 5.82 Å². The number of nitrogens with zero attached hydrogens (tertiary/aromatic N) is 3. The molecule has 2 aromatic carbocycles. The normalized spacial score (nSPS) is 11.7. The van der Waals surface area contributed by atoms with Crippen molar-refractivity contribution in [2.45, 2.75) is 4.90 Å². The van der Waals surface area contributed by atoms with E-state index in [9.17, 15) is 8.42 Å². The summed E-state index contributed by atoms with van der Waals surface area (Å²) in [7, 11) is -2.36. The Bertz CT molecular complexity index is 1410. The van der Waals surface area contributed by atoms with Crippen LogP contribution in [0.2, 0.25) is 10.0 Å². The number of fused-ring (bicyclic) bond motifs is 1. The van der Waals surface area contributed by atoms with Gasteiger partial charge in [0.1, 0.15) is 17.8 Å². The van der Waals surface area contributed by atoms with E-state index in [1.54, 1.807) is 17.8 Å². The molecule has 0 fully saturated rings. The Morgan fingerprint density at radius 3 is 2.60 bits per heavy atom. The minimum Gasteiger partial charge on any atom is -0.383 e. The molecule has 0 bridgehead atoms. The fourth-order valence-corrected chi connectivity index (χ4v) is 4.55. The van der Waals surface area contributed by atoms with E-state index in [0.29, 0.717) is 16.6 Å². The van der Waals surface area contributed by atoms with E-state index in [0.717, 1.165) is 0 Å². The van der Waals surface area contributed by atoms with Crippen LogP contribution in [-0.4, -0.2) is 23.0 Å². The van der Waals surface area contributed by atoms with E-state index in [2.05, 4.69) is 14.7 Å². The van der Waals surface area contributed by atoms with Crippen LogP contribution in [0.25, 0.3) is 22.2 Å². The minimum absolute atomic E-state index is 0.0694. The van der Waals surface area contributed by atoms with Gasteiger partial charge in [0.2, 0.25) is 0 Å². The summed E-state index contributed by atoms with van der Waals surface area (Å²) >= 11 is 11.7. The minimum atomic E-state index is -4.11. The smallest absolute Gasteiger partial charge is 0.262 e. The number of aryl methyl sites for hydroxylation is 1. The number of halogens is 3. The lowest BCUT2D eigenvalue weighted by molar-refractivity contribution is 0.599. The Morgan fingerprint density at radius 2 is 1.87 bits per heavy atom. The van der Waals surface area contributed by atoms with Gasteiger partial charge in [-0.05, 0) is 24.3 Å². The zero-order chi connectivity index (χ0) is 21.6. The molecule has 0 aliphatic heterocycles. The van der Waals surface area contributed by atoms with E-state index < -0.39 is 15.8 Å². The first kappa shape index (κ1) is 20.4. The first-order valence-electron chi connectivity index (χ1n) is 8.51. The number of hydrogen-bond acceptors (Lipinski definition) is 5. The molecule has 0 saturated carbocycles. The number of nitrogen functional groups attached to an aromatic ring is 1. The molecule has 7 nitrogen and oxygen atoms in total. The second-order valence-electron chi connectivity index (χ2n) is 6.46. The molecule has 0 atom stereocenters. The zero-order valence-electron chi connectivity index (χ0n) is 15.4. The van der Waals surface area contributed by atoms with Crippen LogP contribution >= 0.6 is 23.2 Å². The molecule has 0 aliphatic carbocycles. The predicted octanol–water partition coefficient (Wildman–Crippen LogP) is 4.46. The van der Waals surface area contributed by atoms with Crippen LogP contribution in [0.15, 0.2) is 53.8 Å². The van der Waals surface area contributed by atoms with Crippen molar-refractivity contribution in [3.63, 3.8) is 0 Å². The van der Waals surface area contributed by atoms with Crippen molar-refractivity contribution in [2.75, 3.05) is 10.5 Å². The number of sulfonamides is 1. The summed E-state index contributed by atoms with van der Waals surface area (Å²) in [5.74, 6) is -0.575. The van der Waals surface area contributed by atoms with Crippen molar-refractivity contribution in [1.29, 1.82) is 0 Å². The quantitative estimate of drug-likeness (QED) is 0.462. The molecule has 154 valence electrons. The SMILES string of the molecule is Cn1cc(-c2cccc(NS(=O)(=O)c3ccc(Cl)c(Cl)c3)c2F)c2c(N)ncnc21. The number of nitrogens with one attached hydrogen (secondary N) is 1. The molecule has 0 unspecified atom stereocenters. The second kappa shape index (κ2) is 7.42. The highest BCUT2D eigenvalue weighted by atomic mass is 35.5. The number of nitrogens with two attached hydrogens (primary N) is 1. The number of hydrogen-bond donors (Lipinski definition) is 2. The lowest BCUT2D eigenvalue weighted by atomic mass is 10.0. The van der Waals surface area contributed by atoms with Crippen molar-refractivity contribution < 1.29 is 12.8 Å². The lowest BCUT2D eigenvalue weighted by Crippen LogP contribution is -2.14. The van der Waals surface area contributed by atoms with Crippen molar-refractivity contribution in [2.24, 2.45) is 7.05 Å². The molecule has 0 spiro atoms. The van der Waals surface area contributed by atoms with Crippen LogP contribution in [0.4, 0.5) is 15.9 Å². The number of anilines is 2. The van der Waals surface area contributed by atoms with E-state index >= 15 is 4.39 Å². The van der Waals surface area contributed by atoms with Crippen molar-refractivity contribution in [3.05, 3.63) is 64.8 Å². The summed E-state index contributed by atoms with van der Waals surface area (Å²) in [6.45, 7) is 0. The molecule has 30 heavy (non-hydrogen) atoms. The molecular weight excluding hydrogens is 452 g/mol. The second-order valence-corrected chi connectivity index (χ2v) is 8.96. The Hall–Kier alpha value is -2.88. The van der Waals surface area contributed by atoms with Gasteiger partial charge in [-0.15, -0.1) is 0 Å². The first-order chi connectivity index (χ1) is 14.2. The molecular formula is C19H14Cl2FN5O2S. The van der Waals surface area contributed by atoms with Crippen LogP contribution in [0.1, 0.15) is 0 Å². The van der Waals surface area contributed by atoms with Gasteiger partial charge in [-0.3, -0.25) is 4.72 Å². The van der Waals surface area contributed by atoms with Gasteiger partial charge < -0.3 is 10.3 Å². The Kier molecular flexibility index (Phi) is 5.05. The monoisotopic (exact) mass is 465 g/mol. The molecule has 2 heterocycles. The number of rotatable bonds is 4. The Morgan fingerprint density at radius 1 is 1.10 bits per heavy atom. The molecule has 0 radical (unpaired) electrons. The fraction of sp³-hybridized carbons (Fsp3) is 0.0526. The summed E-state index contributed by atoms with van der Waals surface area (Å²) in [5.41, 5.74) is 6.87. The van der Waals surface area contributed by atoms with Crippen molar-refractivity contribution >= 4 is 55.8 Å². The molecule has 0 amide bonds. The van der Waals surface area contributed by atoms with E-state index in [1.165, 1.54) is 42.7 Å². The van der Waals surface area contributed by atoms with Gasteiger partial charge in [0, 0.05) is 24.4 Å². The molecule has 0 saturated heterocycles. The summed E-state index contributed by atoms with van der Waals surface area (Å²) in [5, 5.41) is 0.753. The van der Waals surface area contributed by atoms with Gasteiger partial charge in [-0.25, -0.2) is 22.8 Å². The summed E-state index contributed by atoms with van der Waals surface area (Å²) in [6, 6.07) is 8.19. The lowest BCUT2D eigenvalue weighted by Gasteiger charge is -2.12. The third kappa shape index (κ3) is 3.45.